The van der Waals surface area contributed by atoms with Gasteiger partial charge in [-0.2, -0.15) is 10.0 Å². The number of benzene rings is 1. The number of esters is 1. The number of hydrogen-bond acceptors (Lipinski definition) is 7. The Morgan fingerprint density at radius 1 is 1.10 bits per heavy atom. The molecule has 3 N–H and O–H groups in total. The van der Waals surface area contributed by atoms with Crippen LogP contribution < -0.4 is 5.39 Å². The highest BCUT2D eigenvalue weighted by atomic mass is 17.1. The number of hydrogen-bond donors (Lipinski definition) is 3. The van der Waals surface area contributed by atoms with Gasteiger partial charge in [0.2, 0.25) is 0 Å². The first-order chi connectivity index (χ1) is 19.2. The van der Waals surface area contributed by atoms with Gasteiger partial charge in [0.05, 0.1) is 6.10 Å². The molecule has 1 aromatic carbocycles. The molecule has 1 aliphatic rings. The van der Waals surface area contributed by atoms with Crippen molar-refractivity contribution in [3.63, 3.8) is 0 Å². The van der Waals surface area contributed by atoms with Crippen LogP contribution in [0.5, 0.6) is 0 Å². The summed E-state index contributed by atoms with van der Waals surface area (Å²) in [6.07, 6.45) is 12.9. The molecule has 0 saturated heterocycles. The van der Waals surface area contributed by atoms with E-state index in [2.05, 4.69) is 43.3 Å². The van der Waals surface area contributed by atoms with Crippen LogP contribution in [0.3, 0.4) is 0 Å². The van der Waals surface area contributed by atoms with Crippen LogP contribution in [-0.4, -0.2) is 40.9 Å². The highest BCUT2D eigenvalue weighted by Crippen LogP contribution is 2.43. The summed E-state index contributed by atoms with van der Waals surface area (Å²) in [5.41, 5.74) is 2.46. The summed E-state index contributed by atoms with van der Waals surface area (Å²) in [5.74, 6) is 0.618. The van der Waals surface area contributed by atoms with E-state index in [-0.39, 0.29) is 42.7 Å². The lowest BCUT2D eigenvalue weighted by molar-refractivity contribution is -1.21. The van der Waals surface area contributed by atoms with Crippen LogP contribution in [0.15, 0.2) is 42.0 Å². The molecule has 1 saturated carbocycles. The number of carbonyl (C=O) groups excluding carboxylic acids is 2. The molecule has 0 aliphatic heterocycles. The van der Waals surface area contributed by atoms with Gasteiger partial charge in [-0.3, -0.25) is 4.79 Å². The molecule has 224 valence electrons. The molecule has 1 fully saturated rings. The van der Waals surface area contributed by atoms with Crippen LogP contribution in [0.4, 0.5) is 0 Å². The molecule has 0 heterocycles. The van der Waals surface area contributed by atoms with Gasteiger partial charge in [0.25, 0.3) is 0 Å². The molecule has 40 heavy (non-hydrogen) atoms. The number of quaternary nitrogens is 1. The number of ether oxygens (including phenoxy) is 1. The predicted octanol–water partition coefficient (Wildman–Crippen LogP) is 4.93. The Labute approximate surface area is 240 Å². The third kappa shape index (κ3) is 14.0. The number of allylic oxidation sites excluding steroid dienone is 2. The van der Waals surface area contributed by atoms with Crippen molar-refractivity contribution in [3.8, 4) is 0 Å². The second-order valence-corrected chi connectivity index (χ2v) is 11.2. The average Bonchev–Trinajstić information content (AvgIpc) is 3.20. The van der Waals surface area contributed by atoms with Crippen molar-refractivity contribution in [2.75, 3.05) is 6.61 Å². The molecule has 0 aromatic heterocycles. The molecule has 8 heteroatoms. The minimum absolute atomic E-state index is 0.00978. The largest absolute Gasteiger partial charge is 0.566 e. The summed E-state index contributed by atoms with van der Waals surface area (Å²) in [6.45, 7) is 6.07. The van der Waals surface area contributed by atoms with E-state index in [1.807, 2.05) is 24.6 Å². The Morgan fingerprint density at radius 3 is 2.55 bits per heavy atom. The quantitative estimate of drug-likeness (QED) is 0.0896. The van der Waals surface area contributed by atoms with E-state index in [0.29, 0.717) is 38.0 Å². The van der Waals surface area contributed by atoms with E-state index < -0.39 is 11.5 Å². The van der Waals surface area contributed by atoms with Gasteiger partial charge < -0.3 is 19.8 Å². The summed E-state index contributed by atoms with van der Waals surface area (Å²) in [7, 11) is 0. The fourth-order valence-corrected chi connectivity index (χ4v) is 5.44. The first-order valence-corrected chi connectivity index (χ1v) is 14.8. The van der Waals surface area contributed by atoms with Crippen LogP contribution in [0.1, 0.15) is 90.5 Å². The highest BCUT2D eigenvalue weighted by Gasteiger charge is 2.42. The number of aliphatic hydroxyl groups is 1. The maximum atomic E-state index is 12.7. The monoisotopic (exact) mass is 559 g/mol. The molecule has 0 spiro atoms. The molecule has 2 rings (SSSR count). The number of aryl methyl sites for hydroxylation is 1. The fraction of sp³-hybridized carbons (Fsp3) is 0.625. The molecular formula is C32H49NO7. The minimum Gasteiger partial charge on any atom is -0.566 e. The Kier molecular flexibility index (Phi) is 16.3. The Bertz CT molecular complexity index is 889. The molecule has 0 amide bonds. The molecule has 1 aliphatic carbocycles. The SMILES string of the molecule is CC(=O)CCC/C(C)=C\C[C@H]1C(C)C[C@@H](OC(=O)CCCCCO[NH+]([O-])O)[C@@H]1[CH][CH][C@@H](O)CCc1ccccc1. The molecule has 2 radical (unpaired) electrons. The zero-order valence-corrected chi connectivity index (χ0v) is 24.4. The topological polar surface area (TPSA) is 121 Å². The van der Waals surface area contributed by atoms with Gasteiger partial charge in [-0.1, -0.05) is 60.7 Å². The van der Waals surface area contributed by atoms with Gasteiger partial charge in [-0.25, -0.2) is 0 Å². The third-order valence-corrected chi connectivity index (χ3v) is 7.76. The first kappa shape index (κ1) is 34.1. The zero-order chi connectivity index (χ0) is 29.3. The second-order valence-electron chi connectivity index (χ2n) is 11.2. The molecule has 8 nitrogen and oxygen atoms in total. The Hall–Kier alpha value is -2.10. The third-order valence-electron chi connectivity index (χ3n) is 7.76. The zero-order valence-electron chi connectivity index (χ0n) is 24.4. The number of aliphatic hydroxyl groups excluding tert-OH is 1. The maximum absolute atomic E-state index is 12.7. The molecule has 0 bridgehead atoms. The standard InChI is InChI=1S/C32H49NO7/c1-24(11-10-12-26(3)34)16-20-29-25(2)23-31(40-32(36)15-8-5-9-22-39-33(37)38)30(29)21-19-28(35)18-17-27-13-6-4-7-14-27/h4,6-7,13-14,16,19,21,25,28-31,33,35,37H,5,8-12,15,17-18,20,22-23H2,1-3H3/b24-16-/t25?,28-,29-,30+,31+/m0/s1. The van der Waals surface area contributed by atoms with Gasteiger partial charge in [0, 0.05) is 18.8 Å². The minimum atomic E-state index is -1.28. The number of Topliss-reactive ketones (excluding diaryl/α,β-unsaturated/α-hetero) is 1. The number of rotatable bonds is 20. The van der Waals surface area contributed by atoms with Gasteiger partial charge in [0.1, 0.15) is 18.5 Å². The lowest BCUT2D eigenvalue weighted by Gasteiger charge is -2.26. The van der Waals surface area contributed by atoms with Crippen molar-refractivity contribution in [2.45, 2.75) is 104 Å². The van der Waals surface area contributed by atoms with Crippen LogP contribution in [0, 0.1) is 35.8 Å². The molecule has 6 atom stereocenters. The normalized spacial score (nSPS) is 22.7. The predicted molar refractivity (Wildman–Crippen MR) is 153 cm³/mol. The van der Waals surface area contributed by atoms with Crippen molar-refractivity contribution in [2.24, 2.45) is 17.8 Å². The molecule has 1 aromatic rings. The van der Waals surface area contributed by atoms with Crippen LogP contribution in [-0.2, 0) is 25.6 Å². The smallest absolute Gasteiger partial charge is 0.306 e. The maximum Gasteiger partial charge on any atom is 0.306 e. The Balaban J connectivity index is 1.93. The lowest BCUT2D eigenvalue weighted by Crippen LogP contribution is -3.03. The number of ketones is 1. The van der Waals surface area contributed by atoms with Crippen LogP contribution >= 0.6 is 0 Å². The van der Waals surface area contributed by atoms with Gasteiger partial charge in [-0.15, -0.1) is 0 Å². The number of unbranched alkanes of at least 4 members (excludes halogenated alkanes) is 2. The van der Waals surface area contributed by atoms with Crippen LogP contribution in [0.25, 0.3) is 0 Å². The van der Waals surface area contributed by atoms with Gasteiger partial charge in [-0.05, 0) is 95.5 Å². The van der Waals surface area contributed by atoms with Crippen molar-refractivity contribution in [1.29, 1.82) is 0 Å². The fourth-order valence-electron chi connectivity index (χ4n) is 5.44. The summed E-state index contributed by atoms with van der Waals surface area (Å²) in [6, 6.07) is 10.1. The van der Waals surface area contributed by atoms with Crippen molar-refractivity contribution >= 4 is 11.8 Å². The Morgan fingerprint density at radius 2 is 1.85 bits per heavy atom. The number of carbonyl (C=O) groups is 2. The average molecular weight is 560 g/mol. The lowest BCUT2D eigenvalue weighted by atomic mass is 9.82. The van der Waals surface area contributed by atoms with Gasteiger partial charge >= 0.3 is 5.97 Å². The molecule has 2 unspecified atom stereocenters. The highest BCUT2D eigenvalue weighted by molar-refractivity contribution is 5.75. The summed E-state index contributed by atoms with van der Waals surface area (Å²) in [4.78, 5) is 28.5. The van der Waals surface area contributed by atoms with Crippen molar-refractivity contribution in [1.82, 2.24) is 0 Å². The van der Waals surface area contributed by atoms with Crippen molar-refractivity contribution in [3.05, 3.63) is 65.6 Å². The number of nitrogens with one attached hydrogen (secondary N) is 1. The van der Waals surface area contributed by atoms with E-state index in [0.717, 1.165) is 32.1 Å². The van der Waals surface area contributed by atoms with E-state index in [4.69, 9.17) is 9.94 Å². The van der Waals surface area contributed by atoms with E-state index in [1.165, 1.54) is 11.1 Å². The van der Waals surface area contributed by atoms with Crippen molar-refractivity contribution < 1.29 is 34.9 Å². The molecular weight excluding hydrogens is 510 g/mol. The summed E-state index contributed by atoms with van der Waals surface area (Å²) < 4.78 is 5.97. The first-order valence-electron chi connectivity index (χ1n) is 14.8. The summed E-state index contributed by atoms with van der Waals surface area (Å²) in [5, 5.41) is 28.4. The van der Waals surface area contributed by atoms with E-state index in [9.17, 15) is 19.9 Å². The second kappa shape index (κ2) is 19.1. The summed E-state index contributed by atoms with van der Waals surface area (Å²) >= 11 is 0. The van der Waals surface area contributed by atoms with E-state index in [1.54, 1.807) is 6.92 Å². The van der Waals surface area contributed by atoms with Gasteiger partial charge in [0.15, 0.2) is 0 Å². The van der Waals surface area contributed by atoms with E-state index >= 15 is 0 Å². The van der Waals surface area contributed by atoms with Crippen LogP contribution in [0.2, 0.25) is 0 Å².